The summed E-state index contributed by atoms with van der Waals surface area (Å²) < 4.78 is 18.9. The van der Waals surface area contributed by atoms with Crippen molar-refractivity contribution in [3.8, 4) is 5.75 Å². The van der Waals surface area contributed by atoms with Crippen molar-refractivity contribution in [1.82, 2.24) is 16.0 Å². The number of hydrogen-bond acceptors (Lipinski definition) is 4. The van der Waals surface area contributed by atoms with Crippen LogP contribution in [-0.2, 0) is 11.2 Å². The third-order valence-corrected chi connectivity index (χ3v) is 4.37. The number of nitrogens with one attached hydrogen (secondary N) is 3. The van der Waals surface area contributed by atoms with Gasteiger partial charge < -0.3 is 25.8 Å². The van der Waals surface area contributed by atoms with E-state index < -0.39 is 6.10 Å². The van der Waals surface area contributed by atoms with E-state index in [1.807, 2.05) is 45.0 Å². The van der Waals surface area contributed by atoms with Crippen molar-refractivity contribution < 1.29 is 19.0 Å². The Kier molecular flexibility index (Phi) is 10.5. The molecule has 0 spiro atoms. The molecule has 2 aromatic rings. The number of aliphatic hydroxyl groups is 1. The molecule has 8 heteroatoms. The molecule has 1 amide bonds. The number of aliphatic imine (C=N–C) groups is 1. The highest BCUT2D eigenvalue weighted by atomic mass is 19.1. The molecule has 0 aliphatic rings. The Labute approximate surface area is 189 Å². The molecule has 0 fully saturated rings. The molecule has 0 aliphatic heterocycles. The average Bonchev–Trinajstić information content (AvgIpc) is 2.74. The van der Waals surface area contributed by atoms with E-state index in [9.17, 15) is 14.3 Å². The number of benzene rings is 2. The Hall–Kier alpha value is -3.13. The first kappa shape index (κ1) is 25.1. The van der Waals surface area contributed by atoms with Crippen LogP contribution in [0.1, 0.15) is 38.0 Å². The zero-order valence-electron chi connectivity index (χ0n) is 18.9. The molecule has 0 saturated heterocycles. The Morgan fingerprint density at radius 2 is 1.84 bits per heavy atom. The summed E-state index contributed by atoms with van der Waals surface area (Å²) in [5, 5.41) is 19.5. The van der Waals surface area contributed by atoms with Crippen LogP contribution < -0.4 is 20.7 Å². The summed E-state index contributed by atoms with van der Waals surface area (Å²) in [5.41, 5.74) is 1.36. The van der Waals surface area contributed by atoms with E-state index in [1.54, 1.807) is 12.1 Å². The fourth-order valence-electron chi connectivity index (χ4n) is 2.97. The van der Waals surface area contributed by atoms with Crippen molar-refractivity contribution in [2.75, 3.05) is 26.2 Å². The van der Waals surface area contributed by atoms with Gasteiger partial charge in [0.05, 0.1) is 25.2 Å². The number of nitrogens with zero attached hydrogens (tertiary/aromatic N) is 1. The Morgan fingerprint density at radius 3 is 2.56 bits per heavy atom. The van der Waals surface area contributed by atoms with Crippen molar-refractivity contribution in [1.29, 1.82) is 0 Å². The molecule has 4 N–H and O–H groups in total. The molecule has 174 valence electrons. The number of aliphatic hydroxyl groups excluding tert-OH is 1. The van der Waals surface area contributed by atoms with E-state index in [-0.39, 0.29) is 30.8 Å². The van der Waals surface area contributed by atoms with Crippen LogP contribution in [0, 0.1) is 5.82 Å². The number of amides is 1. The van der Waals surface area contributed by atoms with Crippen LogP contribution in [0.2, 0.25) is 0 Å². The van der Waals surface area contributed by atoms with E-state index in [4.69, 9.17) is 4.74 Å². The highest BCUT2D eigenvalue weighted by molar-refractivity contribution is 5.80. The number of carbonyl (C=O) groups excluding carboxylic acids is 1. The summed E-state index contributed by atoms with van der Waals surface area (Å²) in [6.07, 6.45) is -0.594. The lowest BCUT2D eigenvalue weighted by molar-refractivity contribution is -0.120. The molecule has 2 rings (SSSR count). The molecule has 0 saturated carbocycles. The zero-order chi connectivity index (χ0) is 23.3. The molecular formula is C24H33FN4O3. The van der Waals surface area contributed by atoms with E-state index >= 15 is 0 Å². The summed E-state index contributed by atoms with van der Waals surface area (Å²) in [6.45, 7) is 7.51. The molecule has 32 heavy (non-hydrogen) atoms. The van der Waals surface area contributed by atoms with Crippen molar-refractivity contribution in [2.45, 2.75) is 39.4 Å². The highest BCUT2D eigenvalue weighted by Crippen LogP contribution is 2.20. The number of rotatable bonds is 11. The highest BCUT2D eigenvalue weighted by Gasteiger charge is 2.10. The minimum absolute atomic E-state index is 0.0549. The number of hydrogen-bond donors (Lipinski definition) is 4. The minimum Gasteiger partial charge on any atom is -0.491 e. The third-order valence-electron chi connectivity index (χ3n) is 4.37. The second-order valence-electron chi connectivity index (χ2n) is 7.56. The zero-order valence-corrected chi connectivity index (χ0v) is 18.9. The summed E-state index contributed by atoms with van der Waals surface area (Å²) in [7, 11) is 0. The van der Waals surface area contributed by atoms with Crippen LogP contribution in [-0.4, -0.2) is 49.3 Å². The van der Waals surface area contributed by atoms with Crippen LogP contribution in [0.3, 0.4) is 0 Å². The normalized spacial score (nSPS) is 12.4. The van der Waals surface area contributed by atoms with Gasteiger partial charge in [-0.15, -0.1) is 0 Å². The van der Waals surface area contributed by atoms with Crippen molar-refractivity contribution in [2.24, 2.45) is 4.99 Å². The molecule has 0 radical (unpaired) electrons. The quantitative estimate of drug-likeness (QED) is 0.243. The largest absolute Gasteiger partial charge is 0.491 e. The van der Waals surface area contributed by atoms with Crippen LogP contribution in [0.15, 0.2) is 53.5 Å². The van der Waals surface area contributed by atoms with Gasteiger partial charge in [0, 0.05) is 19.6 Å². The second-order valence-corrected chi connectivity index (χ2v) is 7.56. The van der Waals surface area contributed by atoms with Gasteiger partial charge in [-0.1, -0.05) is 24.3 Å². The summed E-state index contributed by atoms with van der Waals surface area (Å²) >= 11 is 0. The van der Waals surface area contributed by atoms with Crippen molar-refractivity contribution >= 4 is 11.9 Å². The van der Waals surface area contributed by atoms with E-state index in [0.717, 1.165) is 5.56 Å². The molecule has 0 bridgehead atoms. The van der Waals surface area contributed by atoms with Gasteiger partial charge in [0.1, 0.15) is 11.6 Å². The molecule has 0 heterocycles. The maximum atomic E-state index is 13.2. The Morgan fingerprint density at radius 1 is 1.09 bits per heavy atom. The maximum Gasteiger partial charge on any atom is 0.224 e. The maximum absolute atomic E-state index is 13.2. The second kappa shape index (κ2) is 13.3. The predicted octanol–water partition coefficient (Wildman–Crippen LogP) is 2.56. The first-order chi connectivity index (χ1) is 15.4. The molecule has 0 aromatic heterocycles. The lowest BCUT2D eigenvalue weighted by Crippen LogP contribution is -2.42. The summed E-state index contributed by atoms with van der Waals surface area (Å²) in [4.78, 5) is 16.4. The molecule has 0 aliphatic carbocycles. The lowest BCUT2D eigenvalue weighted by Gasteiger charge is -2.15. The fraction of sp³-hybridized carbons (Fsp3) is 0.417. The van der Waals surface area contributed by atoms with Gasteiger partial charge in [0.2, 0.25) is 5.91 Å². The van der Waals surface area contributed by atoms with Crippen LogP contribution >= 0.6 is 0 Å². The van der Waals surface area contributed by atoms with E-state index in [2.05, 4.69) is 20.9 Å². The topological polar surface area (TPSA) is 95.0 Å². The van der Waals surface area contributed by atoms with Gasteiger partial charge in [-0.25, -0.2) is 4.39 Å². The summed E-state index contributed by atoms with van der Waals surface area (Å²) in [5.74, 6) is 0.711. The van der Waals surface area contributed by atoms with Gasteiger partial charge in [0.25, 0.3) is 0 Å². The van der Waals surface area contributed by atoms with Gasteiger partial charge in [0.15, 0.2) is 5.96 Å². The van der Waals surface area contributed by atoms with Crippen molar-refractivity contribution in [3.05, 3.63) is 65.5 Å². The van der Waals surface area contributed by atoms with Gasteiger partial charge in [-0.2, -0.15) is 0 Å². The van der Waals surface area contributed by atoms with Gasteiger partial charge >= 0.3 is 0 Å². The van der Waals surface area contributed by atoms with E-state index in [0.29, 0.717) is 36.9 Å². The molecule has 1 unspecified atom stereocenters. The first-order valence-electron chi connectivity index (χ1n) is 10.9. The monoisotopic (exact) mass is 444 g/mol. The first-order valence-corrected chi connectivity index (χ1v) is 10.9. The molecule has 2 aromatic carbocycles. The van der Waals surface area contributed by atoms with Gasteiger partial charge in [-0.05, 0) is 56.2 Å². The Bertz CT molecular complexity index is 889. The SMILES string of the molecule is CCNC(=NCC(O)c1cccc(OC(C)C)c1)NCCNC(=O)Cc1cccc(F)c1. The fourth-order valence-corrected chi connectivity index (χ4v) is 2.97. The van der Waals surface area contributed by atoms with Crippen molar-refractivity contribution in [3.63, 3.8) is 0 Å². The average molecular weight is 445 g/mol. The van der Waals surface area contributed by atoms with Crippen LogP contribution in [0.5, 0.6) is 5.75 Å². The number of halogens is 1. The molecule has 1 atom stereocenters. The predicted molar refractivity (Wildman–Crippen MR) is 124 cm³/mol. The third kappa shape index (κ3) is 9.34. The molecule has 7 nitrogen and oxygen atoms in total. The van der Waals surface area contributed by atoms with Crippen LogP contribution in [0.4, 0.5) is 4.39 Å². The number of carbonyl (C=O) groups is 1. The molecular weight excluding hydrogens is 411 g/mol. The standard InChI is InChI=1S/C24H33FN4O3/c1-4-26-24(28-12-11-27-23(31)14-18-7-5-9-20(25)13-18)29-16-22(30)19-8-6-10-21(15-19)32-17(2)3/h5-10,13,15,17,22,30H,4,11-12,14,16H2,1-3H3,(H,27,31)(H2,26,28,29). The number of ether oxygens (including phenoxy) is 1. The van der Waals surface area contributed by atoms with E-state index in [1.165, 1.54) is 12.1 Å². The Balaban J connectivity index is 1.80. The number of guanidine groups is 1. The van der Waals surface area contributed by atoms with Gasteiger partial charge in [-0.3, -0.25) is 9.79 Å². The smallest absolute Gasteiger partial charge is 0.224 e. The lowest BCUT2D eigenvalue weighted by atomic mass is 10.1. The minimum atomic E-state index is -0.771. The van der Waals surface area contributed by atoms with Crippen LogP contribution in [0.25, 0.3) is 0 Å². The summed E-state index contributed by atoms with van der Waals surface area (Å²) in [6, 6.07) is 13.3.